The van der Waals surface area contributed by atoms with Crippen molar-refractivity contribution in [3.63, 3.8) is 0 Å². The van der Waals surface area contributed by atoms with Crippen LogP contribution in [0, 0.1) is 5.92 Å². The number of alkyl halides is 3. The maximum Gasteiger partial charge on any atom is 0.488 e. The standard InChI is InChI=1S/C34H36F3N5O5/c1-32(31(45)42-26(14-19-8-4-3-5-9-19)30(44)40-13-7-12-27(40)33(42,46)47-32)38-29(43)21-15-23-22-10-6-11-24-28(22)20(16-25(23)39(2)17-21)18-41(24)34(35,36)37/h3-6,8-11,18,21,23,25-27,46H,7,12-17H2,1-2H3,(H,38,43)/t21?,23-,25-,26+,27+,32-,33+/m1/s1/i15D,23D/t15-,21?,23-,25-,26+,27+,32-,33+. The number of nitrogens with zero attached hydrogens (tertiary/aromatic N) is 4. The molecular formula is C34H36F3N5O5. The summed E-state index contributed by atoms with van der Waals surface area (Å²) < 4.78 is 67.3. The molecule has 4 fully saturated rings. The number of nitrogens with one attached hydrogen (secondary N) is 1. The maximum atomic E-state index is 14.3. The van der Waals surface area contributed by atoms with E-state index in [4.69, 9.17) is 4.74 Å². The zero-order chi connectivity index (χ0) is 34.8. The first kappa shape index (κ1) is 28.1. The highest BCUT2D eigenvalue weighted by Crippen LogP contribution is 2.48. The number of aromatic nitrogens is 1. The molecule has 5 heterocycles. The Hall–Kier alpha value is -3.94. The Morgan fingerprint density at radius 3 is 2.70 bits per heavy atom. The first-order chi connectivity index (χ1) is 23.1. The molecule has 0 bridgehead atoms. The number of carbonyl (C=O) groups is 3. The molecule has 4 aliphatic heterocycles. The Balaban J connectivity index is 1.12. The van der Waals surface area contributed by atoms with Gasteiger partial charge in [0.05, 0.1) is 11.4 Å². The van der Waals surface area contributed by atoms with Crippen LogP contribution in [-0.4, -0.2) is 92.0 Å². The minimum Gasteiger partial charge on any atom is -0.347 e. The average Bonchev–Trinajstić information content (AvgIpc) is 3.74. The number of fused-ring (bicyclic) bond motifs is 5. The maximum absolute atomic E-state index is 14.3. The second kappa shape index (κ2) is 10.3. The van der Waals surface area contributed by atoms with Crippen molar-refractivity contribution in [3.8, 4) is 0 Å². The van der Waals surface area contributed by atoms with Crippen molar-refractivity contribution in [3.05, 3.63) is 71.4 Å². The van der Waals surface area contributed by atoms with Gasteiger partial charge in [-0.05, 0) is 62.4 Å². The first-order valence-corrected chi connectivity index (χ1v) is 15.9. The highest BCUT2D eigenvalue weighted by molar-refractivity contribution is 5.97. The summed E-state index contributed by atoms with van der Waals surface area (Å²) in [6.07, 6.45) is -3.92. The fraction of sp³-hybridized carbons (Fsp3) is 0.500. The van der Waals surface area contributed by atoms with Crippen molar-refractivity contribution in [2.75, 3.05) is 20.1 Å². The van der Waals surface area contributed by atoms with Gasteiger partial charge in [0.15, 0.2) is 0 Å². The number of likely N-dealkylation sites (N-methyl/N-ethyl adjacent to an activating group) is 1. The summed E-state index contributed by atoms with van der Waals surface area (Å²) in [6.45, 7) is 1.68. The number of piperazine rings is 1. The van der Waals surface area contributed by atoms with Crippen molar-refractivity contribution < 1.29 is 40.1 Å². The Labute approximate surface area is 271 Å². The lowest BCUT2D eigenvalue weighted by molar-refractivity contribution is -0.315. The summed E-state index contributed by atoms with van der Waals surface area (Å²) in [6, 6.07) is 10.7. The molecule has 3 aromatic rings. The molecule has 0 saturated carbocycles. The molecule has 0 radical (unpaired) electrons. The Morgan fingerprint density at radius 2 is 1.96 bits per heavy atom. The van der Waals surface area contributed by atoms with Crippen molar-refractivity contribution in [1.29, 1.82) is 0 Å². The van der Waals surface area contributed by atoms with Crippen molar-refractivity contribution in [2.45, 2.75) is 81.0 Å². The van der Waals surface area contributed by atoms with Crippen LogP contribution < -0.4 is 5.32 Å². The number of halogens is 3. The molecule has 248 valence electrons. The minimum absolute atomic E-state index is 0.0135. The topological polar surface area (TPSA) is 107 Å². The molecule has 8 atom stereocenters. The molecule has 1 aliphatic carbocycles. The second-order valence-corrected chi connectivity index (χ2v) is 13.4. The zero-order valence-electron chi connectivity index (χ0n) is 27.8. The van der Waals surface area contributed by atoms with Gasteiger partial charge in [-0.1, -0.05) is 42.5 Å². The number of hydrogen-bond acceptors (Lipinski definition) is 6. The molecule has 8 rings (SSSR count). The number of rotatable bonds is 4. The van der Waals surface area contributed by atoms with Gasteiger partial charge in [0.1, 0.15) is 12.1 Å². The molecule has 5 aliphatic rings. The number of carbonyl (C=O) groups excluding carboxylic acids is 3. The fourth-order valence-electron chi connectivity index (χ4n) is 8.44. The summed E-state index contributed by atoms with van der Waals surface area (Å²) in [5.74, 6) is -7.14. The van der Waals surface area contributed by atoms with Gasteiger partial charge in [-0.25, -0.2) is 0 Å². The van der Waals surface area contributed by atoms with Crippen molar-refractivity contribution >= 4 is 28.6 Å². The van der Waals surface area contributed by atoms with Gasteiger partial charge in [0, 0.05) is 45.8 Å². The van der Waals surface area contributed by atoms with Gasteiger partial charge < -0.3 is 20.2 Å². The van der Waals surface area contributed by atoms with Crippen LogP contribution in [0.25, 0.3) is 10.9 Å². The lowest BCUT2D eigenvalue weighted by atomic mass is 9.72. The summed E-state index contributed by atoms with van der Waals surface area (Å²) in [5.41, 5.74) is -0.818. The number of hydrogen-bond donors (Lipinski definition) is 2. The molecule has 1 unspecified atom stereocenters. The molecule has 2 aromatic carbocycles. The SMILES string of the molecule is [2H][C@@H]1C(C(=O)N[C@]2(C)O[C@@]3(O)[C@@H]4CCCN4C(=O)[C@H](Cc4ccccc4)N3C2=O)CN(C)[C@@H]2Cc3cn(C(F)(F)F)c4cccc(c34)[C@@]12[2H]. The second-order valence-electron chi connectivity index (χ2n) is 13.4. The number of benzene rings is 2. The number of amides is 3. The van der Waals surface area contributed by atoms with Crippen molar-refractivity contribution in [1.82, 2.24) is 24.6 Å². The van der Waals surface area contributed by atoms with Gasteiger partial charge in [0.25, 0.3) is 11.8 Å². The molecule has 10 nitrogen and oxygen atoms in total. The number of ether oxygens (including phenoxy) is 1. The van der Waals surface area contributed by atoms with E-state index in [1.54, 1.807) is 18.0 Å². The number of piperidine rings is 1. The molecule has 2 N–H and O–H groups in total. The summed E-state index contributed by atoms with van der Waals surface area (Å²) in [7, 11) is 1.67. The van der Waals surface area contributed by atoms with Gasteiger partial charge in [-0.3, -0.25) is 28.6 Å². The van der Waals surface area contributed by atoms with E-state index < -0.39 is 66.1 Å². The van der Waals surface area contributed by atoms with E-state index in [9.17, 15) is 35.4 Å². The lowest BCUT2D eigenvalue weighted by Crippen LogP contribution is -2.71. The summed E-state index contributed by atoms with van der Waals surface area (Å²) >= 11 is 0. The van der Waals surface area contributed by atoms with Crippen LogP contribution >= 0.6 is 0 Å². The van der Waals surface area contributed by atoms with E-state index in [0.717, 1.165) is 16.7 Å². The van der Waals surface area contributed by atoms with Crippen LogP contribution in [-0.2, 0) is 38.3 Å². The highest BCUT2D eigenvalue weighted by Gasteiger charge is 2.70. The third-order valence-corrected chi connectivity index (χ3v) is 10.5. The third kappa shape index (κ3) is 4.46. The average molecular weight is 654 g/mol. The summed E-state index contributed by atoms with van der Waals surface area (Å²) in [5, 5.41) is 15.0. The van der Waals surface area contributed by atoms with Crippen LogP contribution in [0.5, 0.6) is 0 Å². The van der Waals surface area contributed by atoms with Crippen LogP contribution in [0.2, 0.25) is 0 Å². The summed E-state index contributed by atoms with van der Waals surface area (Å²) in [4.78, 5) is 46.5. The molecule has 13 heteroatoms. The van der Waals surface area contributed by atoms with Crippen molar-refractivity contribution in [2.24, 2.45) is 5.92 Å². The van der Waals surface area contributed by atoms with Crippen LogP contribution in [0.4, 0.5) is 13.2 Å². The van der Waals surface area contributed by atoms with E-state index in [0.29, 0.717) is 24.9 Å². The van der Waals surface area contributed by atoms with E-state index in [2.05, 4.69) is 5.32 Å². The largest absolute Gasteiger partial charge is 0.488 e. The minimum atomic E-state index is -4.69. The fourth-order valence-corrected chi connectivity index (χ4v) is 8.44. The Bertz CT molecular complexity index is 1890. The van der Waals surface area contributed by atoms with Crippen LogP contribution in [0.15, 0.2) is 54.7 Å². The van der Waals surface area contributed by atoms with Crippen LogP contribution in [0.3, 0.4) is 0 Å². The molecular weight excluding hydrogens is 615 g/mol. The number of aliphatic hydroxyl groups is 1. The molecule has 0 spiro atoms. The number of likely N-dealkylation sites (tertiary alicyclic amines) is 1. The predicted octanol–water partition coefficient (Wildman–Crippen LogP) is 3.03. The van der Waals surface area contributed by atoms with E-state index in [1.165, 1.54) is 24.0 Å². The molecule has 1 aromatic heterocycles. The quantitative estimate of drug-likeness (QED) is 0.449. The first-order valence-electron chi connectivity index (χ1n) is 16.9. The Morgan fingerprint density at radius 1 is 1.19 bits per heavy atom. The molecule has 47 heavy (non-hydrogen) atoms. The highest BCUT2D eigenvalue weighted by atomic mass is 19.4. The normalized spacial score (nSPS) is 37.4. The molecule has 4 saturated heterocycles. The van der Waals surface area contributed by atoms with E-state index >= 15 is 0 Å². The van der Waals surface area contributed by atoms with Gasteiger partial charge >= 0.3 is 6.30 Å². The van der Waals surface area contributed by atoms with Gasteiger partial charge in [-0.2, -0.15) is 0 Å². The monoisotopic (exact) mass is 653 g/mol. The van der Waals surface area contributed by atoms with Gasteiger partial charge in [-0.15, -0.1) is 13.2 Å². The lowest BCUT2D eigenvalue weighted by Gasteiger charge is -2.48. The third-order valence-electron chi connectivity index (χ3n) is 10.5. The molecule has 3 amide bonds. The van der Waals surface area contributed by atoms with E-state index in [-0.39, 0.29) is 46.3 Å². The van der Waals surface area contributed by atoms with Crippen LogP contribution in [0.1, 0.15) is 51.5 Å². The predicted molar refractivity (Wildman–Crippen MR) is 162 cm³/mol. The zero-order valence-corrected chi connectivity index (χ0v) is 25.8. The smallest absolute Gasteiger partial charge is 0.347 e. The van der Waals surface area contributed by atoms with Gasteiger partial charge in [0.2, 0.25) is 17.5 Å². The van der Waals surface area contributed by atoms with E-state index in [1.807, 2.05) is 30.3 Å². The Kier molecular flexibility index (Phi) is 6.15.